The van der Waals surface area contributed by atoms with Crippen LogP contribution >= 0.6 is 0 Å². The van der Waals surface area contributed by atoms with Crippen molar-refractivity contribution in [3.8, 4) is 0 Å². The van der Waals surface area contributed by atoms with Gasteiger partial charge in [-0.2, -0.15) is 0 Å². The predicted octanol–water partition coefficient (Wildman–Crippen LogP) is 2.73. The molecule has 2 aromatic rings. The van der Waals surface area contributed by atoms with E-state index in [1.807, 2.05) is 31.2 Å². The first-order valence-corrected chi connectivity index (χ1v) is 6.01. The Labute approximate surface area is 105 Å². The Hall–Kier alpha value is -2.10. The van der Waals surface area contributed by atoms with Crippen LogP contribution in [0.3, 0.4) is 0 Å². The number of rotatable bonds is 3. The van der Waals surface area contributed by atoms with E-state index in [-0.39, 0.29) is 17.7 Å². The third-order valence-corrected chi connectivity index (χ3v) is 3.20. The van der Waals surface area contributed by atoms with Gasteiger partial charge in [-0.15, -0.1) is 0 Å². The summed E-state index contributed by atoms with van der Waals surface area (Å²) in [5.41, 5.74) is 1.08. The molecule has 1 aliphatic carbocycles. The monoisotopic (exact) mass is 242 g/mol. The molecule has 2 atom stereocenters. The van der Waals surface area contributed by atoms with Gasteiger partial charge in [-0.25, -0.2) is 4.98 Å². The third kappa shape index (κ3) is 2.14. The Balaban J connectivity index is 1.62. The molecule has 4 heteroatoms. The number of carbonyl (C=O) groups excluding carboxylic acids is 1. The molecular weight excluding hydrogens is 228 g/mol. The van der Waals surface area contributed by atoms with Crippen molar-refractivity contribution in [1.82, 2.24) is 4.98 Å². The highest BCUT2D eigenvalue weighted by molar-refractivity contribution is 5.94. The molecular formula is C14H14N2O2. The first kappa shape index (κ1) is 11.0. The Morgan fingerprint density at radius 3 is 3.00 bits per heavy atom. The van der Waals surface area contributed by atoms with Crippen LogP contribution in [0, 0.1) is 12.8 Å². The van der Waals surface area contributed by atoms with Gasteiger partial charge < -0.3 is 9.73 Å². The van der Waals surface area contributed by atoms with Gasteiger partial charge in [-0.3, -0.25) is 4.79 Å². The van der Waals surface area contributed by atoms with Crippen LogP contribution in [0.15, 0.2) is 41.1 Å². The zero-order valence-corrected chi connectivity index (χ0v) is 10.1. The lowest BCUT2D eigenvalue weighted by atomic mass is 10.2. The molecule has 2 heterocycles. The number of furan rings is 1. The summed E-state index contributed by atoms with van der Waals surface area (Å²) in [5.74, 6) is 1.76. The lowest BCUT2D eigenvalue weighted by Gasteiger charge is -2.03. The van der Waals surface area contributed by atoms with Gasteiger partial charge >= 0.3 is 0 Å². The summed E-state index contributed by atoms with van der Waals surface area (Å²) in [6.45, 7) is 1.96. The maximum atomic E-state index is 12.0. The second-order valence-corrected chi connectivity index (χ2v) is 4.67. The van der Waals surface area contributed by atoms with E-state index < -0.39 is 0 Å². The van der Waals surface area contributed by atoms with Gasteiger partial charge in [0.25, 0.3) is 0 Å². The van der Waals surface area contributed by atoms with E-state index in [9.17, 15) is 4.79 Å². The lowest BCUT2D eigenvalue weighted by molar-refractivity contribution is -0.117. The summed E-state index contributed by atoms with van der Waals surface area (Å²) in [6, 6.07) is 7.52. The van der Waals surface area contributed by atoms with Crippen LogP contribution in [0.2, 0.25) is 0 Å². The Kier molecular flexibility index (Phi) is 2.63. The molecule has 1 N–H and O–H groups in total. The minimum Gasteiger partial charge on any atom is -0.469 e. The first-order valence-electron chi connectivity index (χ1n) is 6.01. The molecule has 0 saturated heterocycles. The smallest absolute Gasteiger partial charge is 0.229 e. The van der Waals surface area contributed by atoms with Crippen molar-refractivity contribution in [3.63, 3.8) is 0 Å². The highest BCUT2D eigenvalue weighted by Gasteiger charge is 2.45. The van der Waals surface area contributed by atoms with Crippen molar-refractivity contribution in [2.75, 3.05) is 5.32 Å². The quantitative estimate of drug-likeness (QED) is 0.900. The fourth-order valence-corrected chi connectivity index (χ4v) is 2.06. The molecule has 92 valence electrons. The highest BCUT2D eigenvalue weighted by atomic mass is 16.3. The van der Waals surface area contributed by atoms with E-state index in [4.69, 9.17) is 4.42 Å². The average Bonchev–Trinajstić information content (AvgIpc) is 2.99. The van der Waals surface area contributed by atoms with E-state index in [0.29, 0.717) is 5.82 Å². The molecule has 0 bridgehead atoms. The van der Waals surface area contributed by atoms with Crippen molar-refractivity contribution in [2.24, 2.45) is 5.92 Å². The van der Waals surface area contributed by atoms with Crippen LogP contribution < -0.4 is 5.32 Å². The lowest BCUT2D eigenvalue weighted by Crippen LogP contribution is -2.15. The minimum atomic E-state index is 0.0132. The van der Waals surface area contributed by atoms with E-state index >= 15 is 0 Å². The Morgan fingerprint density at radius 1 is 1.44 bits per heavy atom. The number of hydrogen-bond donors (Lipinski definition) is 1. The summed E-state index contributed by atoms with van der Waals surface area (Å²) >= 11 is 0. The van der Waals surface area contributed by atoms with Crippen molar-refractivity contribution >= 4 is 11.7 Å². The molecule has 1 aliphatic rings. The molecule has 2 aromatic heterocycles. The zero-order valence-electron chi connectivity index (χ0n) is 10.1. The number of hydrogen-bond acceptors (Lipinski definition) is 3. The minimum absolute atomic E-state index is 0.0132. The van der Waals surface area contributed by atoms with E-state index in [1.54, 1.807) is 12.5 Å². The van der Waals surface area contributed by atoms with Gasteiger partial charge in [0.15, 0.2) is 0 Å². The van der Waals surface area contributed by atoms with Crippen LogP contribution in [0.4, 0.5) is 5.82 Å². The van der Waals surface area contributed by atoms with Crippen molar-refractivity contribution in [1.29, 1.82) is 0 Å². The Bertz CT molecular complexity index is 546. The van der Waals surface area contributed by atoms with Gasteiger partial charge in [-0.1, -0.05) is 6.07 Å². The third-order valence-electron chi connectivity index (χ3n) is 3.20. The van der Waals surface area contributed by atoms with E-state index in [1.165, 1.54) is 0 Å². The van der Waals surface area contributed by atoms with Crippen LogP contribution in [0.5, 0.6) is 0 Å². The maximum absolute atomic E-state index is 12.0. The zero-order chi connectivity index (χ0) is 12.5. The molecule has 0 aliphatic heterocycles. The summed E-state index contributed by atoms with van der Waals surface area (Å²) < 4.78 is 5.31. The number of nitrogens with zero attached hydrogens (tertiary/aromatic N) is 1. The maximum Gasteiger partial charge on any atom is 0.229 e. The molecule has 0 spiro atoms. The number of aromatic nitrogens is 1. The molecule has 1 amide bonds. The normalized spacial score (nSPS) is 21.6. The van der Waals surface area contributed by atoms with Gasteiger partial charge in [-0.05, 0) is 37.1 Å². The first-order chi connectivity index (χ1) is 8.74. The summed E-state index contributed by atoms with van der Waals surface area (Å²) in [6.07, 6.45) is 4.24. The molecule has 0 radical (unpaired) electrons. The topological polar surface area (TPSA) is 55.1 Å². The average molecular weight is 242 g/mol. The SMILES string of the molecule is Cc1ccc(NC(=O)[C@@H]2C[C@H]2c2ccco2)nc1. The van der Waals surface area contributed by atoms with Crippen molar-refractivity contribution in [3.05, 3.63) is 48.0 Å². The second-order valence-electron chi connectivity index (χ2n) is 4.67. The fourth-order valence-electron chi connectivity index (χ4n) is 2.06. The molecule has 3 rings (SSSR count). The second kappa shape index (κ2) is 4.29. The summed E-state index contributed by atoms with van der Waals surface area (Å²) in [4.78, 5) is 16.1. The molecule has 18 heavy (non-hydrogen) atoms. The number of amides is 1. The van der Waals surface area contributed by atoms with Crippen LogP contribution in [0.25, 0.3) is 0 Å². The summed E-state index contributed by atoms with van der Waals surface area (Å²) in [7, 11) is 0. The fraction of sp³-hybridized carbons (Fsp3) is 0.286. The molecule has 0 aromatic carbocycles. The van der Waals surface area contributed by atoms with Gasteiger partial charge in [0.1, 0.15) is 11.6 Å². The standard InChI is InChI=1S/C14H14N2O2/c1-9-4-5-13(15-8-9)16-14(17)11-7-10(11)12-3-2-6-18-12/h2-6,8,10-11H,7H2,1H3,(H,15,16,17)/t10-,11-/m1/s1. The number of anilines is 1. The number of pyridine rings is 1. The van der Waals surface area contributed by atoms with Gasteiger partial charge in [0.05, 0.1) is 6.26 Å². The number of nitrogens with one attached hydrogen (secondary N) is 1. The van der Waals surface area contributed by atoms with Crippen LogP contribution in [-0.2, 0) is 4.79 Å². The van der Waals surface area contributed by atoms with Crippen LogP contribution in [0.1, 0.15) is 23.7 Å². The highest BCUT2D eigenvalue weighted by Crippen LogP contribution is 2.48. The Morgan fingerprint density at radius 2 is 2.33 bits per heavy atom. The largest absolute Gasteiger partial charge is 0.469 e. The van der Waals surface area contributed by atoms with E-state index in [2.05, 4.69) is 10.3 Å². The number of aryl methyl sites for hydroxylation is 1. The van der Waals surface area contributed by atoms with Crippen molar-refractivity contribution < 1.29 is 9.21 Å². The molecule has 0 unspecified atom stereocenters. The summed E-state index contributed by atoms with van der Waals surface area (Å²) in [5, 5.41) is 2.83. The molecule has 1 saturated carbocycles. The van der Waals surface area contributed by atoms with E-state index in [0.717, 1.165) is 17.7 Å². The number of carbonyl (C=O) groups is 1. The molecule has 1 fully saturated rings. The molecule has 4 nitrogen and oxygen atoms in total. The van der Waals surface area contributed by atoms with Gasteiger partial charge in [0.2, 0.25) is 5.91 Å². The van der Waals surface area contributed by atoms with Gasteiger partial charge in [0, 0.05) is 18.0 Å². The van der Waals surface area contributed by atoms with Crippen LogP contribution in [-0.4, -0.2) is 10.9 Å². The van der Waals surface area contributed by atoms with Crippen molar-refractivity contribution in [2.45, 2.75) is 19.3 Å². The predicted molar refractivity (Wildman–Crippen MR) is 67.2 cm³/mol.